The van der Waals surface area contributed by atoms with Crippen molar-refractivity contribution in [2.45, 2.75) is 13.0 Å². The Labute approximate surface area is 90.7 Å². The highest BCUT2D eigenvalue weighted by Crippen LogP contribution is 2.24. The van der Waals surface area contributed by atoms with E-state index in [1.807, 2.05) is 0 Å². The Hall–Kier alpha value is -2.09. The Kier molecular flexibility index (Phi) is 3.46. The third-order valence-corrected chi connectivity index (χ3v) is 1.77. The van der Waals surface area contributed by atoms with Gasteiger partial charge in [-0.1, -0.05) is 5.92 Å². The second-order valence-corrected chi connectivity index (χ2v) is 3.00. The van der Waals surface area contributed by atoms with Gasteiger partial charge in [-0.15, -0.1) is 6.42 Å². The molecule has 0 aliphatic carbocycles. The van der Waals surface area contributed by atoms with E-state index in [4.69, 9.17) is 16.3 Å². The van der Waals surface area contributed by atoms with Gasteiger partial charge in [0.25, 0.3) is 0 Å². The first-order valence-corrected chi connectivity index (χ1v) is 4.30. The van der Waals surface area contributed by atoms with Crippen molar-refractivity contribution >= 4 is 5.97 Å². The van der Waals surface area contributed by atoms with Crippen LogP contribution in [0.3, 0.4) is 0 Å². The molecular formula is C11H8F2O3. The number of carboxylic acids is 1. The topological polar surface area (TPSA) is 46.5 Å². The molecule has 1 rings (SSSR count). The SMILES string of the molecule is C#CC(C)Oc1c(F)cc(C(=O)O)cc1F. The van der Waals surface area contributed by atoms with Gasteiger partial charge >= 0.3 is 5.97 Å². The molecule has 0 saturated carbocycles. The largest absolute Gasteiger partial charge is 0.478 e. The maximum Gasteiger partial charge on any atom is 0.335 e. The van der Waals surface area contributed by atoms with Crippen molar-refractivity contribution < 1.29 is 23.4 Å². The highest BCUT2D eigenvalue weighted by Gasteiger charge is 2.17. The molecule has 0 aliphatic rings. The van der Waals surface area contributed by atoms with Crippen molar-refractivity contribution in [1.29, 1.82) is 0 Å². The molecule has 16 heavy (non-hydrogen) atoms. The van der Waals surface area contributed by atoms with Crippen LogP contribution in [0.25, 0.3) is 0 Å². The summed E-state index contributed by atoms with van der Waals surface area (Å²) in [6, 6.07) is 1.34. The second-order valence-electron chi connectivity index (χ2n) is 3.00. The lowest BCUT2D eigenvalue weighted by molar-refractivity contribution is 0.0695. The summed E-state index contributed by atoms with van der Waals surface area (Å²) in [6.45, 7) is 1.43. The van der Waals surface area contributed by atoms with E-state index >= 15 is 0 Å². The number of halogens is 2. The summed E-state index contributed by atoms with van der Waals surface area (Å²) in [7, 11) is 0. The standard InChI is InChI=1S/C11H8F2O3/c1-3-6(2)16-10-8(12)4-7(11(14)15)5-9(10)13/h1,4-6H,2H3,(H,14,15). The fourth-order valence-electron chi connectivity index (χ4n) is 1.01. The van der Waals surface area contributed by atoms with E-state index in [0.717, 1.165) is 0 Å². The maximum absolute atomic E-state index is 13.3. The predicted molar refractivity (Wildman–Crippen MR) is 52.2 cm³/mol. The van der Waals surface area contributed by atoms with E-state index in [1.54, 1.807) is 0 Å². The smallest absolute Gasteiger partial charge is 0.335 e. The Morgan fingerprint density at radius 2 is 2.00 bits per heavy atom. The van der Waals surface area contributed by atoms with Gasteiger partial charge in [0, 0.05) is 0 Å². The van der Waals surface area contributed by atoms with Crippen LogP contribution in [-0.4, -0.2) is 17.2 Å². The molecule has 0 fully saturated rings. The number of carboxylic acid groups (broad SMARTS) is 1. The first-order valence-electron chi connectivity index (χ1n) is 4.30. The van der Waals surface area contributed by atoms with E-state index in [2.05, 4.69) is 5.92 Å². The van der Waals surface area contributed by atoms with Crippen molar-refractivity contribution in [3.63, 3.8) is 0 Å². The summed E-state index contributed by atoms with van der Waals surface area (Å²) < 4.78 is 31.3. The lowest BCUT2D eigenvalue weighted by Gasteiger charge is -2.11. The number of aromatic carboxylic acids is 1. The van der Waals surface area contributed by atoms with Crippen molar-refractivity contribution in [3.8, 4) is 18.1 Å². The lowest BCUT2D eigenvalue weighted by atomic mass is 10.2. The van der Waals surface area contributed by atoms with E-state index in [0.29, 0.717) is 12.1 Å². The summed E-state index contributed by atoms with van der Waals surface area (Å²) in [5.41, 5.74) is -0.490. The van der Waals surface area contributed by atoms with E-state index in [-0.39, 0.29) is 0 Å². The number of ether oxygens (including phenoxy) is 1. The Bertz CT molecular complexity index is 440. The first kappa shape index (κ1) is 12.0. The molecule has 0 amide bonds. The zero-order valence-electron chi connectivity index (χ0n) is 8.33. The van der Waals surface area contributed by atoms with Crippen LogP contribution in [0.1, 0.15) is 17.3 Å². The highest BCUT2D eigenvalue weighted by molar-refractivity contribution is 5.87. The Morgan fingerprint density at radius 1 is 1.50 bits per heavy atom. The van der Waals surface area contributed by atoms with Crippen LogP contribution in [-0.2, 0) is 0 Å². The normalized spacial score (nSPS) is 11.6. The Morgan fingerprint density at radius 3 is 2.38 bits per heavy atom. The van der Waals surface area contributed by atoms with Gasteiger partial charge < -0.3 is 9.84 Å². The molecule has 3 nitrogen and oxygen atoms in total. The van der Waals surface area contributed by atoms with Crippen molar-refractivity contribution in [2.24, 2.45) is 0 Å². The number of carbonyl (C=O) groups is 1. The molecule has 0 aliphatic heterocycles. The van der Waals surface area contributed by atoms with Gasteiger partial charge in [-0.2, -0.15) is 0 Å². The minimum atomic E-state index is -1.42. The molecule has 1 unspecified atom stereocenters. The fourth-order valence-corrected chi connectivity index (χ4v) is 1.01. The molecule has 84 valence electrons. The summed E-state index contributed by atoms with van der Waals surface area (Å²) in [6.07, 6.45) is 4.18. The molecule has 0 saturated heterocycles. The van der Waals surface area contributed by atoms with Gasteiger partial charge in [-0.05, 0) is 19.1 Å². The minimum Gasteiger partial charge on any atom is -0.478 e. The maximum atomic E-state index is 13.3. The predicted octanol–water partition coefficient (Wildman–Crippen LogP) is 2.06. The summed E-state index contributed by atoms with van der Waals surface area (Å²) in [5.74, 6) is -2.15. The molecule has 1 atom stereocenters. The van der Waals surface area contributed by atoms with Gasteiger partial charge in [-0.25, -0.2) is 13.6 Å². The average molecular weight is 226 g/mol. The van der Waals surface area contributed by atoms with E-state index < -0.39 is 35.0 Å². The number of hydrogen-bond acceptors (Lipinski definition) is 2. The van der Waals surface area contributed by atoms with Crippen molar-refractivity contribution in [2.75, 3.05) is 0 Å². The number of hydrogen-bond donors (Lipinski definition) is 1. The van der Waals surface area contributed by atoms with Gasteiger partial charge in [0.15, 0.2) is 23.5 Å². The zero-order chi connectivity index (χ0) is 12.3. The van der Waals surface area contributed by atoms with Crippen LogP contribution in [0.4, 0.5) is 8.78 Å². The van der Waals surface area contributed by atoms with Gasteiger partial charge in [0.05, 0.1) is 5.56 Å². The Balaban J connectivity index is 3.13. The monoisotopic (exact) mass is 226 g/mol. The van der Waals surface area contributed by atoms with Crippen LogP contribution < -0.4 is 4.74 Å². The molecule has 0 radical (unpaired) electrons. The van der Waals surface area contributed by atoms with Gasteiger partial charge in [0.2, 0.25) is 0 Å². The number of terminal acetylenes is 1. The van der Waals surface area contributed by atoms with E-state index in [1.165, 1.54) is 6.92 Å². The first-order chi connectivity index (χ1) is 7.45. The zero-order valence-corrected chi connectivity index (χ0v) is 8.33. The van der Waals surface area contributed by atoms with Crippen LogP contribution in [0.2, 0.25) is 0 Å². The average Bonchev–Trinajstić information content (AvgIpc) is 2.22. The molecule has 1 aromatic rings. The molecular weight excluding hydrogens is 218 g/mol. The number of rotatable bonds is 3. The quantitative estimate of drug-likeness (QED) is 0.802. The third kappa shape index (κ3) is 2.48. The summed E-state index contributed by atoms with van der Waals surface area (Å²) in [5, 5.41) is 8.55. The van der Waals surface area contributed by atoms with Crippen LogP contribution in [0.5, 0.6) is 5.75 Å². The summed E-state index contributed by atoms with van der Waals surface area (Å²) in [4.78, 5) is 10.5. The van der Waals surface area contributed by atoms with Crippen LogP contribution in [0.15, 0.2) is 12.1 Å². The molecule has 0 aromatic heterocycles. The fraction of sp³-hybridized carbons (Fsp3) is 0.182. The molecule has 1 N–H and O–H groups in total. The van der Waals surface area contributed by atoms with Gasteiger partial charge in [-0.3, -0.25) is 0 Å². The lowest BCUT2D eigenvalue weighted by Crippen LogP contribution is -2.11. The highest BCUT2D eigenvalue weighted by atomic mass is 19.1. The molecule has 5 heteroatoms. The van der Waals surface area contributed by atoms with E-state index in [9.17, 15) is 13.6 Å². The number of benzene rings is 1. The second kappa shape index (κ2) is 4.62. The third-order valence-electron chi connectivity index (χ3n) is 1.77. The van der Waals surface area contributed by atoms with Crippen LogP contribution in [0, 0.1) is 24.0 Å². The summed E-state index contributed by atoms with van der Waals surface area (Å²) >= 11 is 0. The van der Waals surface area contributed by atoms with Crippen LogP contribution >= 0.6 is 0 Å². The molecule has 0 bridgehead atoms. The van der Waals surface area contributed by atoms with Crippen molar-refractivity contribution in [1.82, 2.24) is 0 Å². The molecule has 0 heterocycles. The molecule has 1 aromatic carbocycles. The minimum absolute atomic E-state index is 0.490. The van der Waals surface area contributed by atoms with Crippen molar-refractivity contribution in [3.05, 3.63) is 29.3 Å². The van der Waals surface area contributed by atoms with Gasteiger partial charge in [0.1, 0.15) is 0 Å². The molecule has 0 spiro atoms.